The van der Waals surface area contributed by atoms with Crippen LogP contribution >= 0.6 is 0 Å². The summed E-state index contributed by atoms with van der Waals surface area (Å²) in [5.74, 6) is -0.0895. The molecule has 0 heterocycles. The Hall–Kier alpha value is -2.04. The average molecular weight is 362 g/mol. The third kappa shape index (κ3) is 7.89. The molecule has 1 atom stereocenters. The molecular weight excluding hydrogens is 326 g/mol. The van der Waals surface area contributed by atoms with Crippen LogP contribution in [-0.4, -0.2) is 42.0 Å². The zero-order valence-corrected chi connectivity index (χ0v) is 16.6. The van der Waals surface area contributed by atoms with Gasteiger partial charge in [-0.2, -0.15) is 0 Å². The minimum Gasteiger partial charge on any atom is -0.352 e. The van der Waals surface area contributed by atoms with Gasteiger partial charge in [0.1, 0.15) is 6.04 Å². The largest absolute Gasteiger partial charge is 0.352 e. The number of nitrogens with zero attached hydrogens (tertiary/aromatic N) is 1. The molecular formula is C21H35N3O2. The van der Waals surface area contributed by atoms with Crippen molar-refractivity contribution in [3.05, 3.63) is 36.5 Å². The summed E-state index contributed by atoms with van der Waals surface area (Å²) in [5.41, 5.74) is 0.781. The quantitative estimate of drug-likeness (QED) is 0.508. The topological polar surface area (TPSA) is 61.4 Å². The molecule has 1 saturated carbocycles. The second kappa shape index (κ2) is 12.3. The first kappa shape index (κ1) is 22.0. The van der Waals surface area contributed by atoms with Gasteiger partial charge in [-0.15, -0.1) is 0 Å². The Morgan fingerprint density at radius 1 is 1.19 bits per heavy atom. The second-order valence-electron chi connectivity index (χ2n) is 6.88. The Kier molecular flexibility index (Phi) is 10.4. The van der Waals surface area contributed by atoms with Gasteiger partial charge >= 0.3 is 6.03 Å². The fraction of sp³-hybridized carbons (Fsp3) is 0.619. The van der Waals surface area contributed by atoms with Crippen LogP contribution in [0.4, 0.5) is 4.79 Å². The van der Waals surface area contributed by atoms with E-state index in [1.165, 1.54) is 12.8 Å². The summed E-state index contributed by atoms with van der Waals surface area (Å²) in [6.07, 6.45) is 14.4. The number of nitrogens with one attached hydrogen (secondary N) is 2. The lowest BCUT2D eigenvalue weighted by Crippen LogP contribution is -2.53. The molecule has 1 rings (SSSR count). The van der Waals surface area contributed by atoms with E-state index in [-0.39, 0.29) is 18.0 Å². The van der Waals surface area contributed by atoms with Gasteiger partial charge in [0.25, 0.3) is 0 Å². The molecule has 0 bridgehead atoms. The van der Waals surface area contributed by atoms with E-state index in [9.17, 15) is 9.59 Å². The molecule has 5 nitrogen and oxygen atoms in total. The van der Waals surface area contributed by atoms with Crippen LogP contribution in [0.25, 0.3) is 0 Å². The minimum atomic E-state index is -0.545. The molecule has 1 aliphatic carbocycles. The lowest BCUT2D eigenvalue weighted by atomic mass is 10.1. The average Bonchev–Trinajstić information content (AvgIpc) is 2.88. The Bertz CT molecular complexity index is 517. The van der Waals surface area contributed by atoms with Gasteiger partial charge in [0.2, 0.25) is 5.91 Å². The van der Waals surface area contributed by atoms with E-state index < -0.39 is 6.04 Å². The molecule has 0 aromatic heterocycles. The van der Waals surface area contributed by atoms with Crippen molar-refractivity contribution < 1.29 is 9.59 Å². The molecule has 1 aliphatic rings. The van der Waals surface area contributed by atoms with Crippen molar-refractivity contribution in [2.75, 3.05) is 13.1 Å². The van der Waals surface area contributed by atoms with Crippen molar-refractivity contribution in [3.63, 3.8) is 0 Å². The summed E-state index contributed by atoms with van der Waals surface area (Å²) in [4.78, 5) is 26.7. The fourth-order valence-electron chi connectivity index (χ4n) is 3.10. The van der Waals surface area contributed by atoms with Crippen LogP contribution in [-0.2, 0) is 4.79 Å². The van der Waals surface area contributed by atoms with E-state index in [4.69, 9.17) is 0 Å². The number of amides is 3. The molecule has 2 N–H and O–H groups in total. The van der Waals surface area contributed by atoms with Crippen LogP contribution in [0.2, 0.25) is 0 Å². The number of rotatable bonds is 8. The maximum absolute atomic E-state index is 12.7. The van der Waals surface area contributed by atoms with Crippen LogP contribution in [0.5, 0.6) is 0 Å². The van der Waals surface area contributed by atoms with Crippen LogP contribution in [0.3, 0.4) is 0 Å². The van der Waals surface area contributed by atoms with Gasteiger partial charge < -0.3 is 15.5 Å². The van der Waals surface area contributed by atoms with Crippen LogP contribution in [0.1, 0.15) is 59.3 Å². The zero-order valence-electron chi connectivity index (χ0n) is 16.6. The molecule has 0 saturated heterocycles. The third-order valence-electron chi connectivity index (χ3n) is 4.65. The number of allylic oxidation sites excluding steroid dienone is 3. The van der Waals surface area contributed by atoms with E-state index in [1.807, 2.05) is 38.2 Å². The smallest absolute Gasteiger partial charge is 0.318 e. The highest BCUT2D eigenvalue weighted by Gasteiger charge is 2.27. The van der Waals surface area contributed by atoms with Crippen molar-refractivity contribution in [1.29, 1.82) is 0 Å². The van der Waals surface area contributed by atoms with Gasteiger partial charge in [0, 0.05) is 19.1 Å². The minimum absolute atomic E-state index is 0.0895. The molecule has 0 spiro atoms. The summed E-state index contributed by atoms with van der Waals surface area (Å²) < 4.78 is 0. The summed E-state index contributed by atoms with van der Waals surface area (Å²) in [5, 5.41) is 5.94. The number of hydrogen-bond acceptors (Lipinski definition) is 2. The van der Waals surface area contributed by atoms with Crippen molar-refractivity contribution in [2.45, 2.75) is 71.4 Å². The molecule has 26 heavy (non-hydrogen) atoms. The molecule has 0 aromatic rings. The Morgan fingerprint density at radius 2 is 1.85 bits per heavy atom. The maximum Gasteiger partial charge on any atom is 0.318 e. The van der Waals surface area contributed by atoms with Crippen molar-refractivity contribution in [3.8, 4) is 0 Å². The standard InChI is InChI=1S/C21H35N3O2/c1-5-7-10-13-17(3)16-24(21(26)22-6-2)18(4)20(25)23-19-14-11-8-9-12-15-19/h5,7,10,13,18-19H,3,6,8-9,11-12,14-16H2,1-2,4H3,(H,22,26)(H,23,25)/b7-5-,13-10-. The first-order chi connectivity index (χ1) is 12.5. The highest BCUT2D eigenvalue weighted by molar-refractivity contribution is 5.87. The molecule has 0 radical (unpaired) electrons. The highest BCUT2D eigenvalue weighted by Crippen LogP contribution is 2.17. The lowest BCUT2D eigenvalue weighted by Gasteiger charge is -2.30. The summed E-state index contributed by atoms with van der Waals surface area (Å²) >= 11 is 0. The van der Waals surface area contributed by atoms with Gasteiger partial charge in [0.15, 0.2) is 0 Å². The van der Waals surface area contributed by atoms with Gasteiger partial charge in [-0.1, -0.05) is 56.6 Å². The van der Waals surface area contributed by atoms with E-state index in [1.54, 1.807) is 11.8 Å². The van der Waals surface area contributed by atoms with Crippen molar-refractivity contribution in [1.82, 2.24) is 15.5 Å². The van der Waals surface area contributed by atoms with Gasteiger partial charge in [-0.25, -0.2) is 4.79 Å². The van der Waals surface area contributed by atoms with Crippen LogP contribution in [0, 0.1) is 0 Å². The fourth-order valence-corrected chi connectivity index (χ4v) is 3.10. The summed E-state index contributed by atoms with van der Waals surface area (Å²) in [6, 6.07) is -0.561. The van der Waals surface area contributed by atoms with E-state index >= 15 is 0 Å². The number of hydrogen-bond donors (Lipinski definition) is 2. The maximum atomic E-state index is 12.7. The van der Waals surface area contributed by atoms with Crippen LogP contribution in [0.15, 0.2) is 36.5 Å². The van der Waals surface area contributed by atoms with E-state index in [0.717, 1.165) is 31.3 Å². The Labute approximate surface area is 158 Å². The third-order valence-corrected chi connectivity index (χ3v) is 4.65. The van der Waals surface area contributed by atoms with E-state index in [0.29, 0.717) is 13.1 Å². The summed E-state index contributed by atoms with van der Waals surface area (Å²) in [7, 11) is 0. The monoisotopic (exact) mass is 361 g/mol. The predicted molar refractivity (Wildman–Crippen MR) is 108 cm³/mol. The van der Waals surface area contributed by atoms with E-state index in [2.05, 4.69) is 17.2 Å². The number of carbonyl (C=O) groups is 2. The first-order valence-corrected chi connectivity index (χ1v) is 9.81. The molecule has 0 aromatic carbocycles. The molecule has 0 aliphatic heterocycles. The lowest BCUT2D eigenvalue weighted by molar-refractivity contribution is -0.125. The number of carbonyl (C=O) groups excluding carboxylic acids is 2. The SMILES string of the molecule is C=C(/C=C\C=C/C)CN(C(=O)NCC)C(C)C(=O)NC1CCCCCC1. The summed E-state index contributed by atoms with van der Waals surface area (Å²) in [6.45, 7) is 10.4. The molecule has 1 unspecified atom stereocenters. The van der Waals surface area contributed by atoms with Gasteiger partial charge in [-0.3, -0.25) is 4.79 Å². The predicted octanol–water partition coefficient (Wildman–Crippen LogP) is 3.93. The van der Waals surface area contributed by atoms with Crippen molar-refractivity contribution >= 4 is 11.9 Å². The molecule has 146 valence electrons. The molecule has 3 amide bonds. The second-order valence-corrected chi connectivity index (χ2v) is 6.88. The zero-order chi connectivity index (χ0) is 19.4. The Morgan fingerprint density at radius 3 is 2.42 bits per heavy atom. The molecule has 1 fully saturated rings. The van der Waals surface area contributed by atoms with Crippen molar-refractivity contribution in [2.24, 2.45) is 0 Å². The van der Waals surface area contributed by atoms with Gasteiger partial charge in [0.05, 0.1) is 0 Å². The van der Waals surface area contributed by atoms with Crippen LogP contribution < -0.4 is 10.6 Å². The Balaban J connectivity index is 2.75. The normalized spacial score (nSPS) is 17.0. The highest BCUT2D eigenvalue weighted by atomic mass is 16.2. The molecule has 5 heteroatoms. The first-order valence-electron chi connectivity index (χ1n) is 9.81. The number of urea groups is 1. The van der Waals surface area contributed by atoms with Gasteiger partial charge in [-0.05, 0) is 39.2 Å².